The first-order chi connectivity index (χ1) is 9.63. The number of hydrogen-bond acceptors (Lipinski definition) is 5. The number of carbonyl (C=O) groups excluding carboxylic acids is 1. The lowest BCUT2D eigenvalue weighted by Crippen LogP contribution is -2.00. The van der Waals surface area contributed by atoms with Gasteiger partial charge in [0.05, 0.1) is 12.7 Å². The normalized spacial score (nSPS) is 10.7. The number of methoxy groups -OCH3 is 1. The van der Waals surface area contributed by atoms with Crippen molar-refractivity contribution in [3.63, 3.8) is 0 Å². The van der Waals surface area contributed by atoms with Crippen LogP contribution in [-0.4, -0.2) is 23.3 Å². The van der Waals surface area contributed by atoms with Crippen LogP contribution in [0.5, 0.6) is 0 Å². The van der Waals surface area contributed by atoms with Crippen molar-refractivity contribution in [2.75, 3.05) is 7.11 Å². The maximum absolute atomic E-state index is 11.3. The Bertz CT molecular complexity index is 661. The van der Waals surface area contributed by atoms with Crippen molar-refractivity contribution in [3.8, 4) is 10.6 Å². The van der Waals surface area contributed by atoms with Crippen molar-refractivity contribution in [3.05, 3.63) is 53.1 Å². The molecule has 1 aromatic heterocycles. The highest BCUT2D eigenvalue weighted by molar-refractivity contribution is 7.12. The highest BCUT2D eigenvalue weighted by atomic mass is 32.1. The van der Waals surface area contributed by atoms with Gasteiger partial charge in [0, 0.05) is 5.56 Å². The van der Waals surface area contributed by atoms with Crippen LogP contribution in [0.3, 0.4) is 0 Å². The molecule has 0 aliphatic carbocycles. The van der Waals surface area contributed by atoms with Gasteiger partial charge in [-0.1, -0.05) is 42.2 Å². The molecule has 102 valence electrons. The van der Waals surface area contributed by atoms with Crippen LogP contribution in [0.25, 0.3) is 16.6 Å². The molecule has 0 aliphatic rings. The molecule has 0 fully saturated rings. The summed E-state index contributed by atoms with van der Waals surface area (Å²) in [6.07, 6.45) is 3.50. The van der Waals surface area contributed by atoms with Crippen LogP contribution < -0.4 is 0 Å². The number of hydrogen-bond donors (Lipinski definition) is 0. The lowest BCUT2D eigenvalue weighted by Gasteiger charge is -2.06. The summed E-state index contributed by atoms with van der Waals surface area (Å²) in [4.78, 5) is 11.3. The van der Waals surface area contributed by atoms with Crippen LogP contribution in [0.1, 0.15) is 11.1 Å². The number of aryl methyl sites for hydroxylation is 1. The van der Waals surface area contributed by atoms with Gasteiger partial charge in [-0.25, -0.2) is 4.79 Å². The third-order valence-corrected chi connectivity index (χ3v) is 3.54. The minimum Gasteiger partial charge on any atom is -0.465 e. The fraction of sp³-hybridized carbons (Fsp3) is 0.133. The standard InChI is InChI=1S/C15H14N2O2S/c1-10-5-4-6-13(14-17-16-9-20-14)12(10)8-7-11(2)15(18)19-3/h4-9H,2H2,1,3H3/b8-7-. The maximum atomic E-state index is 11.3. The Kier molecular flexibility index (Phi) is 4.42. The monoisotopic (exact) mass is 286 g/mol. The Labute approximate surface area is 121 Å². The van der Waals surface area contributed by atoms with Crippen LogP contribution in [0.15, 0.2) is 41.9 Å². The summed E-state index contributed by atoms with van der Waals surface area (Å²) in [6.45, 7) is 5.68. The van der Waals surface area contributed by atoms with Gasteiger partial charge >= 0.3 is 5.97 Å². The van der Waals surface area contributed by atoms with E-state index in [9.17, 15) is 4.79 Å². The number of benzene rings is 1. The molecule has 0 radical (unpaired) electrons. The summed E-state index contributed by atoms with van der Waals surface area (Å²) < 4.78 is 4.62. The molecule has 0 N–H and O–H groups in total. The zero-order valence-corrected chi connectivity index (χ0v) is 12.1. The van der Waals surface area contributed by atoms with Crippen molar-refractivity contribution in [1.82, 2.24) is 10.2 Å². The molecule has 1 aromatic carbocycles. The van der Waals surface area contributed by atoms with E-state index in [0.717, 1.165) is 21.7 Å². The second-order valence-electron chi connectivity index (χ2n) is 4.13. The first-order valence-electron chi connectivity index (χ1n) is 5.95. The molecular formula is C15H14N2O2S. The van der Waals surface area contributed by atoms with Crippen molar-refractivity contribution in [1.29, 1.82) is 0 Å². The minimum atomic E-state index is -0.438. The Hall–Kier alpha value is -2.27. The van der Waals surface area contributed by atoms with Crippen LogP contribution >= 0.6 is 11.3 Å². The van der Waals surface area contributed by atoms with Gasteiger partial charge < -0.3 is 4.74 Å². The molecule has 2 aromatic rings. The molecule has 2 rings (SSSR count). The second kappa shape index (κ2) is 6.25. The van der Waals surface area contributed by atoms with E-state index in [1.807, 2.05) is 31.2 Å². The Morgan fingerprint density at radius 1 is 1.45 bits per heavy atom. The quantitative estimate of drug-likeness (QED) is 0.492. The average Bonchev–Trinajstić information content (AvgIpc) is 2.98. The van der Waals surface area contributed by atoms with Gasteiger partial charge in [0.15, 0.2) is 0 Å². The topological polar surface area (TPSA) is 52.1 Å². The Morgan fingerprint density at radius 2 is 2.25 bits per heavy atom. The fourth-order valence-electron chi connectivity index (χ4n) is 1.76. The van der Waals surface area contributed by atoms with E-state index < -0.39 is 5.97 Å². The fourth-order valence-corrected chi connectivity index (χ4v) is 2.36. The number of ether oxygens (including phenoxy) is 1. The van der Waals surface area contributed by atoms with Crippen LogP contribution in [0.4, 0.5) is 0 Å². The summed E-state index contributed by atoms with van der Waals surface area (Å²) in [7, 11) is 1.34. The molecule has 0 unspecified atom stereocenters. The highest BCUT2D eigenvalue weighted by Gasteiger charge is 2.09. The molecule has 0 atom stereocenters. The third-order valence-electron chi connectivity index (χ3n) is 2.81. The lowest BCUT2D eigenvalue weighted by molar-refractivity contribution is -0.135. The number of carbonyl (C=O) groups is 1. The smallest absolute Gasteiger partial charge is 0.337 e. The SMILES string of the molecule is C=C(/C=C\c1c(C)cccc1-c1nncs1)C(=O)OC. The van der Waals surface area contributed by atoms with E-state index in [4.69, 9.17) is 0 Å². The average molecular weight is 286 g/mol. The summed E-state index contributed by atoms with van der Waals surface area (Å²) in [6, 6.07) is 5.96. The second-order valence-corrected chi connectivity index (χ2v) is 4.96. The number of rotatable bonds is 4. The number of aromatic nitrogens is 2. The zero-order chi connectivity index (χ0) is 14.5. The highest BCUT2D eigenvalue weighted by Crippen LogP contribution is 2.28. The summed E-state index contributed by atoms with van der Waals surface area (Å²) in [5.41, 5.74) is 5.07. The van der Waals surface area contributed by atoms with E-state index >= 15 is 0 Å². The van der Waals surface area contributed by atoms with E-state index in [-0.39, 0.29) is 0 Å². The van der Waals surface area contributed by atoms with Crippen LogP contribution in [0, 0.1) is 6.92 Å². The molecule has 20 heavy (non-hydrogen) atoms. The van der Waals surface area contributed by atoms with Gasteiger partial charge in [-0.15, -0.1) is 10.2 Å². The molecule has 0 amide bonds. The molecule has 0 saturated heterocycles. The van der Waals surface area contributed by atoms with Gasteiger partial charge in [-0.05, 0) is 24.1 Å². The van der Waals surface area contributed by atoms with Crippen molar-refractivity contribution < 1.29 is 9.53 Å². The van der Waals surface area contributed by atoms with Gasteiger partial charge in [0.2, 0.25) is 0 Å². The van der Waals surface area contributed by atoms with Crippen LogP contribution in [0.2, 0.25) is 0 Å². The van der Waals surface area contributed by atoms with Crippen molar-refractivity contribution in [2.45, 2.75) is 6.92 Å². The van der Waals surface area contributed by atoms with Crippen molar-refractivity contribution >= 4 is 23.4 Å². The maximum Gasteiger partial charge on any atom is 0.337 e. The molecule has 0 saturated carbocycles. The molecule has 0 spiro atoms. The first-order valence-corrected chi connectivity index (χ1v) is 6.83. The molecule has 5 heteroatoms. The summed E-state index contributed by atoms with van der Waals surface area (Å²) in [5.74, 6) is -0.438. The van der Waals surface area contributed by atoms with Gasteiger partial charge in [0.25, 0.3) is 0 Å². The molecule has 0 bridgehead atoms. The third kappa shape index (κ3) is 3.00. The minimum absolute atomic E-state index is 0.305. The van der Waals surface area contributed by atoms with E-state index in [2.05, 4.69) is 21.5 Å². The first kappa shape index (κ1) is 14.1. The van der Waals surface area contributed by atoms with E-state index in [1.54, 1.807) is 11.6 Å². The zero-order valence-electron chi connectivity index (χ0n) is 11.3. The largest absolute Gasteiger partial charge is 0.465 e. The van der Waals surface area contributed by atoms with Gasteiger partial charge in [0.1, 0.15) is 10.5 Å². The Balaban J connectivity index is 2.39. The van der Waals surface area contributed by atoms with Crippen LogP contribution in [-0.2, 0) is 9.53 Å². The molecule has 4 nitrogen and oxygen atoms in total. The number of esters is 1. The summed E-state index contributed by atoms with van der Waals surface area (Å²) in [5, 5.41) is 8.79. The van der Waals surface area contributed by atoms with E-state index in [0.29, 0.717) is 5.57 Å². The van der Waals surface area contributed by atoms with Gasteiger partial charge in [-0.3, -0.25) is 0 Å². The number of nitrogens with zero attached hydrogens (tertiary/aromatic N) is 2. The van der Waals surface area contributed by atoms with Gasteiger partial charge in [-0.2, -0.15) is 0 Å². The lowest BCUT2D eigenvalue weighted by atomic mass is 10.0. The molecular weight excluding hydrogens is 272 g/mol. The molecule has 0 aliphatic heterocycles. The Morgan fingerprint density at radius 3 is 2.90 bits per heavy atom. The summed E-state index contributed by atoms with van der Waals surface area (Å²) >= 11 is 1.47. The molecule has 1 heterocycles. The predicted molar refractivity (Wildman–Crippen MR) is 80.3 cm³/mol. The van der Waals surface area contributed by atoms with Crippen molar-refractivity contribution in [2.24, 2.45) is 0 Å². The predicted octanol–water partition coefficient (Wildman–Crippen LogP) is 3.26. The van der Waals surface area contributed by atoms with E-state index in [1.165, 1.54) is 18.4 Å².